The second kappa shape index (κ2) is 6.98. The van der Waals surface area contributed by atoms with Crippen LogP contribution >= 0.6 is 0 Å². The molecule has 1 aromatic carbocycles. The molecule has 0 aliphatic carbocycles. The Bertz CT molecular complexity index is 415. The first-order valence-electron chi connectivity index (χ1n) is 8.11. The predicted molar refractivity (Wildman–Crippen MR) is 83.6 cm³/mol. The van der Waals surface area contributed by atoms with E-state index in [4.69, 9.17) is 4.74 Å². The Morgan fingerprint density at radius 3 is 2.95 bits per heavy atom. The summed E-state index contributed by atoms with van der Waals surface area (Å²) in [6.45, 7) is 5.57. The van der Waals surface area contributed by atoms with E-state index < -0.39 is 0 Å². The lowest BCUT2D eigenvalue weighted by Gasteiger charge is -2.26. The van der Waals surface area contributed by atoms with E-state index in [1.54, 1.807) is 0 Å². The highest BCUT2D eigenvalue weighted by atomic mass is 16.5. The standard InChI is InChI=1S/C17H26N2O/c1-2-7-17-16(6-1)19(13-4-14-20-17)12-3-5-15-8-10-18-11-9-15/h1-2,6-7,15,18H,3-5,8-14H2. The van der Waals surface area contributed by atoms with Crippen molar-refractivity contribution in [2.45, 2.75) is 32.1 Å². The molecule has 0 bridgehead atoms. The normalized spacial score (nSPS) is 20.1. The molecule has 110 valence electrons. The molecule has 3 heteroatoms. The number of anilines is 1. The summed E-state index contributed by atoms with van der Waals surface area (Å²) in [5.74, 6) is 2.00. The van der Waals surface area contributed by atoms with Crippen LogP contribution in [0.3, 0.4) is 0 Å². The Kier molecular flexibility index (Phi) is 4.80. The monoisotopic (exact) mass is 274 g/mol. The number of hydrogen-bond acceptors (Lipinski definition) is 3. The van der Waals surface area contributed by atoms with Crippen molar-refractivity contribution in [3.63, 3.8) is 0 Å². The molecule has 1 N–H and O–H groups in total. The average Bonchev–Trinajstić information content (AvgIpc) is 2.71. The van der Waals surface area contributed by atoms with E-state index in [2.05, 4.69) is 34.5 Å². The lowest BCUT2D eigenvalue weighted by molar-refractivity contribution is 0.322. The summed E-state index contributed by atoms with van der Waals surface area (Å²) in [6, 6.07) is 8.48. The van der Waals surface area contributed by atoms with Crippen LogP contribution in [0.25, 0.3) is 0 Å². The molecule has 0 amide bonds. The smallest absolute Gasteiger partial charge is 0.142 e. The number of ether oxygens (including phenoxy) is 1. The Morgan fingerprint density at radius 2 is 2.05 bits per heavy atom. The largest absolute Gasteiger partial charge is 0.491 e. The van der Waals surface area contributed by atoms with Gasteiger partial charge in [-0.25, -0.2) is 0 Å². The summed E-state index contributed by atoms with van der Waals surface area (Å²) in [4.78, 5) is 2.52. The van der Waals surface area contributed by atoms with Gasteiger partial charge in [0.25, 0.3) is 0 Å². The number of fused-ring (bicyclic) bond motifs is 1. The molecule has 1 aromatic rings. The van der Waals surface area contributed by atoms with Crippen LogP contribution < -0.4 is 15.0 Å². The molecular weight excluding hydrogens is 248 g/mol. The molecule has 3 rings (SSSR count). The minimum absolute atomic E-state index is 0.849. The van der Waals surface area contributed by atoms with Gasteiger partial charge in [-0.1, -0.05) is 12.1 Å². The van der Waals surface area contributed by atoms with E-state index in [1.165, 1.54) is 51.0 Å². The lowest BCUT2D eigenvalue weighted by Crippen LogP contribution is -2.29. The zero-order chi connectivity index (χ0) is 13.6. The van der Waals surface area contributed by atoms with E-state index >= 15 is 0 Å². The molecule has 0 spiro atoms. The van der Waals surface area contributed by atoms with Crippen molar-refractivity contribution in [3.05, 3.63) is 24.3 Å². The van der Waals surface area contributed by atoms with Crippen molar-refractivity contribution in [2.75, 3.05) is 37.7 Å². The van der Waals surface area contributed by atoms with Gasteiger partial charge in [0, 0.05) is 13.1 Å². The number of rotatable bonds is 4. The SMILES string of the molecule is c1ccc2c(c1)OCCCN2CCCC1CCNCC1. The second-order valence-electron chi connectivity index (χ2n) is 5.99. The number of piperidine rings is 1. The number of para-hydroxylation sites is 2. The third-order valence-electron chi connectivity index (χ3n) is 4.54. The summed E-state index contributed by atoms with van der Waals surface area (Å²) in [6.07, 6.45) is 6.53. The molecular formula is C17H26N2O. The summed E-state index contributed by atoms with van der Waals surface area (Å²) in [5.41, 5.74) is 1.29. The summed E-state index contributed by atoms with van der Waals surface area (Å²) >= 11 is 0. The van der Waals surface area contributed by atoms with E-state index in [0.717, 1.165) is 31.2 Å². The number of nitrogens with zero attached hydrogens (tertiary/aromatic N) is 1. The number of benzene rings is 1. The summed E-state index contributed by atoms with van der Waals surface area (Å²) < 4.78 is 5.83. The van der Waals surface area contributed by atoms with Gasteiger partial charge in [-0.05, 0) is 63.2 Å². The van der Waals surface area contributed by atoms with Gasteiger partial charge in [-0.2, -0.15) is 0 Å². The highest BCUT2D eigenvalue weighted by Gasteiger charge is 2.17. The van der Waals surface area contributed by atoms with Gasteiger partial charge >= 0.3 is 0 Å². The molecule has 0 atom stereocenters. The van der Waals surface area contributed by atoms with Crippen LogP contribution in [0.2, 0.25) is 0 Å². The van der Waals surface area contributed by atoms with Gasteiger partial charge in [0.05, 0.1) is 12.3 Å². The van der Waals surface area contributed by atoms with Gasteiger partial charge in [0.15, 0.2) is 0 Å². The van der Waals surface area contributed by atoms with Crippen LogP contribution in [0, 0.1) is 5.92 Å². The van der Waals surface area contributed by atoms with Crippen LogP contribution in [0.15, 0.2) is 24.3 Å². The van der Waals surface area contributed by atoms with Gasteiger partial charge in [-0.3, -0.25) is 0 Å². The maximum Gasteiger partial charge on any atom is 0.142 e. The lowest BCUT2D eigenvalue weighted by atomic mass is 9.93. The molecule has 1 saturated heterocycles. The Hall–Kier alpha value is -1.22. The summed E-state index contributed by atoms with van der Waals surface area (Å²) in [7, 11) is 0. The van der Waals surface area contributed by atoms with Crippen LogP contribution in [0.5, 0.6) is 5.75 Å². The fourth-order valence-electron chi connectivity index (χ4n) is 3.37. The fraction of sp³-hybridized carbons (Fsp3) is 0.647. The van der Waals surface area contributed by atoms with Gasteiger partial charge in [0.2, 0.25) is 0 Å². The van der Waals surface area contributed by atoms with Crippen molar-refractivity contribution in [1.29, 1.82) is 0 Å². The van der Waals surface area contributed by atoms with Crippen LogP contribution in [0.4, 0.5) is 5.69 Å². The molecule has 0 unspecified atom stereocenters. The Balaban J connectivity index is 1.54. The quantitative estimate of drug-likeness (QED) is 0.913. The molecule has 0 radical (unpaired) electrons. The number of hydrogen-bond donors (Lipinski definition) is 1. The third kappa shape index (κ3) is 3.45. The molecule has 2 aliphatic heterocycles. The van der Waals surface area contributed by atoms with Gasteiger partial charge in [-0.15, -0.1) is 0 Å². The van der Waals surface area contributed by atoms with Crippen molar-refractivity contribution in [2.24, 2.45) is 5.92 Å². The zero-order valence-electron chi connectivity index (χ0n) is 12.3. The van der Waals surface area contributed by atoms with Crippen LogP contribution in [0.1, 0.15) is 32.1 Å². The van der Waals surface area contributed by atoms with Crippen molar-refractivity contribution < 1.29 is 4.74 Å². The molecule has 1 fully saturated rings. The first-order chi connectivity index (χ1) is 9.93. The fourth-order valence-corrected chi connectivity index (χ4v) is 3.37. The maximum absolute atomic E-state index is 5.83. The third-order valence-corrected chi connectivity index (χ3v) is 4.54. The van der Waals surface area contributed by atoms with Crippen LogP contribution in [-0.2, 0) is 0 Å². The zero-order valence-corrected chi connectivity index (χ0v) is 12.3. The molecule has 2 aliphatic rings. The van der Waals surface area contributed by atoms with E-state index in [-0.39, 0.29) is 0 Å². The van der Waals surface area contributed by atoms with Crippen molar-refractivity contribution in [1.82, 2.24) is 5.32 Å². The van der Waals surface area contributed by atoms with Crippen molar-refractivity contribution >= 4 is 5.69 Å². The van der Waals surface area contributed by atoms with E-state index in [1.807, 2.05) is 0 Å². The highest BCUT2D eigenvalue weighted by molar-refractivity contribution is 5.58. The average molecular weight is 274 g/mol. The first kappa shape index (κ1) is 13.7. The first-order valence-corrected chi connectivity index (χ1v) is 8.11. The molecule has 0 aromatic heterocycles. The van der Waals surface area contributed by atoms with E-state index in [9.17, 15) is 0 Å². The number of nitrogens with one attached hydrogen (secondary N) is 1. The topological polar surface area (TPSA) is 24.5 Å². The van der Waals surface area contributed by atoms with E-state index in [0.29, 0.717) is 0 Å². The van der Waals surface area contributed by atoms with Crippen molar-refractivity contribution in [3.8, 4) is 5.75 Å². The minimum Gasteiger partial charge on any atom is -0.491 e. The Labute approximate surface area is 122 Å². The summed E-state index contributed by atoms with van der Waals surface area (Å²) in [5, 5.41) is 3.45. The van der Waals surface area contributed by atoms with Gasteiger partial charge in [0.1, 0.15) is 5.75 Å². The predicted octanol–water partition coefficient (Wildman–Crippen LogP) is 3.06. The maximum atomic E-state index is 5.83. The molecule has 0 saturated carbocycles. The minimum atomic E-state index is 0.849. The highest BCUT2D eigenvalue weighted by Crippen LogP contribution is 2.31. The van der Waals surface area contributed by atoms with Gasteiger partial charge < -0.3 is 15.0 Å². The molecule has 3 nitrogen and oxygen atoms in total. The second-order valence-corrected chi connectivity index (χ2v) is 5.99. The molecule has 2 heterocycles. The molecule has 20 heavy (non-hydrogen) atoms. The van der Waals surface area contributed by atoms with Crippen LogP contribution in [-0.4, -0.2) is 32.8 Å². The Morgan fingerprint density at radius 1 is 1.20 bits per heavy atom.